The third kappa shape index (κ3) is 3.55. The van der Waals surface area contributed by atoms with Gasteiger partial charge >= 0.3 is 11.9 Å². The van der Waals surface area contributed by atoms with E-state index < -0.39 is 18.3 Å². The number of fused-ring (bicyclic) bond motifs is 2. The maximum absolute atomic E-state index is 11.8. The number of esters is 2. The molecule has 6 heteroatoms. The van der Waals surface area contributed by atoms with Crippen LogP contribution in [-0.2, 0) is 19.1 Å². The minimum absolute atomic E-state index is 0.0253. The Bertz CT molecular complexity index is 634. The zero-order valence-corrected chi connectivity index (χ0v) is 14.8. The Kier molecular flexibility index (Phi) is 5.11. The lowest BCUT2D eigenvalue weighted by molar-refractivity contribution is -0.169. The van der Waals surface area contributed by atoms with Gasteiger partial charge in [0.15, 0.2) is 0 Å². The van der Waals surface area contributed by atoms with Crippen LogP contribution in [0.25, 0.3) is 0 Å². The van der Waals surface area contributed by atoms with Crippen LogP contribution in [0.15, 0.2) is 30.3 Å². The lowest BCUT2D eigenvalue weighted by Crippen LogP contribution is -2.53. The maximum atomic E-state index is 11.8. The second kappa shape index (κ2) is 7.14. The molecular weight excluding hydrogens is 322 g/mol. The third-order valence-electron chi connectivity index (χ3n) is 5.41. The van der Waals surface area contributed by atoms with Gasteiger partial charge in [0.05, 0.1) is 12.0 Å². The SMILES string of the molecule is CC(=O)OC(c1ccccc1)C1[C@H]2C[C@H](O)[C@@H](C[C@H]1OC(C)=O)N2C. The summed E-state index contributed by atoms with van der Waals surface area (Å²) in [5.74, 6) is -0.963. The largest absolute Gasteiger partial charge is 0.462 e. The number of nitrogens with zero attached hydrogens (tertiary/aromatic N) is 1. The van der Waals surface area contributed by atoms with Crippen LogP contribution < -0.4 is 0 Å². The molecule has 2 aliphatic rings. The molecule has 0 spiro atoms. The van der Waals surface area contributed by atoms with E-state index in [1.165, 1.54) is 13.8 Å². The normalized spacial score (nSPS) is 32.9. The minimum Gasteiger partial charge on any atom is -0.462 e. The maximum Gasteiger partial charge on any atom is 0.303 e. The van der Waals surface area contributed by atoms with Crippen LogP contribution in [0.2, 0.25) is 0 Å². The molecule has 6 atom stereocenters. The quantitative estimate of drug-likeness (QED) is 0.835. The molecule has 1 N–H and O–H groups in total. The molecule has 2 aliphatic heterocycles. The molecule has 2 heterocycles. The van der Waals surface area contributed by atoms with Gasteiger partial charge in [-0.15, -0.1) is 0 Å². The van der Waals surface area contributed by atoms with Gasteiger partial charge < -0.3 is 14.6 Å². The van der Waals surface area contributed by atoms with Crippen molar-refractivity contribution in [3.63, 3.8) is 0 Å². The summed E-state index contributed by atoms with van der Waals surface area (Å²) in [5.41, 5.74) is 0.869. The summed E-state index contributed by atoms with van der Waals surface area (Å²) < 4.78 is 11.3. The second-order valence-electron chi connectivity index (χ2n) is 7.00. The number of benzene rings is 1. The highest BCUT2D eigenvalue weighted by molar-refractivity contribution is 5.67. The van der Waals surface area contributed by atoms with E-state index in [1.54, 1.807) is 0 Å². The van der Waals surface area contributed by atoms with Crippen LogP contribution in [0.3, 0.4) is 0 Å². The van der Waals surface area contributed by atoms with Crippen molar-refractivity contribution < 1.29 is 24.2 Å². The molecule has 2 unspecified atom stereocenters. The fourth-order valence-electron chi connectivity index (χ4n) is 4.41. The van der Waals surface area contributed by atoms with E-state index in [4.69, 9.17) is 9.47 Å². The topological polar surface area (TPSA) is 76.1 Å². The lowest BCUT2D eigenvalue weighted by atomic mass is 9.80. The number of aliphatic hydroxyl groups is 1. The molecule has 0 amide bonds. The first-order valence-corrected chi connectivity index (χ1v) is 8.68. The van der Waals surface area contributed by atoms with Crippen LogP contribution in [0.5, 0.6) is 0 Å². The van der Waals surface area contributed by atoms with Gasteiger partial charge in [0.25, 0.3) is 0 Å². The summed E-state index contributed by atoms with van der Waals surface area (Å²) >= 11 is 0. The monoisotopic (exact) mass is 347 g/mol. The zero-order valence-electron chi connectivity index (χ0n) is 14.8. The predicted molar refractivity (Wildman–Crippen MR) is 90.6 cm³/mol. The van der Waals surface area contributed by atoms with E-state index in [2.05, 4.69) is 4.90 Å². The number of likely N-dealkylation sites (N-methyl/N-ethyl adjacent to an activating group) is 1. The number of hydrogen-bond acceptors (Lipinski definition) is 6. The second-order valence-corrected chi connectivity index (χ2v) is 7.00. The highest BCUT2D eigenvalue weighted by Gasteiger charge is 2.54. The average molecular weight is 347 g/mol. The van der Waals surface area contributed by atoms with E-state index in [0.29, 0.717) is 12.8 Å². The molecule has 3 rings (SSSR count). The molecule has 1 aromatic rings. The van der Waals surface area contributed by atoms with Gasteiger partial charge in [0, 0.05) is 32.4 Å². The Balaban J connectivity index is 1.99. The first-order valence-electron chi connectivity index (χ1n) is 8.68. The first kappa shape index (κ1) is 17.9. The van der Waals surface area contributed by atoms with Crippen molar-refractivity contribution in [3.8, 4) is 0 Å². The van der Waals surface area contributed by atoms with Gasteiger partial charge in [0.1, 0.15) is 12.2 Å². The number of rotatable bonds is 4. The molecule has 2 bridgehead atoms. The summed E-state index contributed by atoms with van der Waals surface area (Å²) in [6, 6.07) is 9.45. The fourth-order valence-corrected chi connectivity index (χ4v) is 4.41. The van der Waals surface area contributed by atoms with Crippen molar-refractivity contribution >= 4 is 11.9 Å². The highest BCUT2D eigenvalue weighted by atomic mass is 16.6. The van der Waals surface area contributed by atoms with Gasteiger partial charge in [-0.2, -0.15) is 0 Å². The van der Waals surface area contributed by atoms with E-state index in [9.17, 15) is 14.7 Å². The van der Waals surface area contributed by atoms with Crippen LogP contribution in [0, 0.1) is 5.92 Å². The smallest absolute Gasteiger partial charge is 0.303 e. The first-order chi connectivity index (χ1) is 11.9. The highest BCUT2D eigenvalue weighted by Crippen LogP contribution is 2.46. The number of piperidine rings is 1. The molecule has 25 heavy (non-hydrogen) atoms. The van der Waals surface area contributed by atoms with Gasteiger partial charge in [-0.25, -0.2) is 0 Å². The van der Waals surface area contributed by atoms with Crippen molar-refractivity contribution in [2.45, 2.75) is 57.1 Å². The summed E-state index contributed by atoms with van der Waals surface area (Å²) in [5, 5.41) is 10.4. The Morgan fingerprint density at radius 1 is 1.12 bits per heavy atom. The lowest BCUT2D eigenvalue weighted by Gasteiger charge is -2.45. The van der Waals surface area contributed by atoms with E-state index >= 15 is 0 Å². The third-order valence-corrected chi connectivity index (χ3v) is 5.41. The molecule has 2 fully saturated rings. The summed E-state index contributed by atoms with van der Waals surface area (Å²) in [4.78, 5) is 25.5. The predicted octanol–water partition coefficient (Wildman–Crippen LogP) is 1.68. The van der Waals surface area contributed by atoms with E-state index in [0.717, 1.165) is 5.56 Å². The Morgan fingerprint density at radius 3 is 2.40 bits per heavy atom. The van der Waals surface area contributed by atoms with Gasteiger partial charge in [-0.1, -0.05) is 30.3 Å². The molecular formula is C19H25NO5. The number of ether oxygens (including phenoxy) is 2. The van der Waals surface area contributed by atoms with Crippen molar-refractivity contribution in [2.75, 3.05) is 7.05 Å². The number of hydrogen-bond donors (Lipinski definition) is 1. The van der Waals surface area contributed by atoms with Crippen LogP contribution in [-0.4, -0.2) is 53.3 Å². The van der Waals surface area contributed by atoms with Crippen molar-refractivity contribution in [3.05, 3.63) is 35.9 Å². The minimum atomic E-state index is -0.526. The van der Waals surface area contributed by atoms with Crippen LogP contribution >= 0.6 is 0 Å². The molecule has 1 aromatic carbocycles. The van der Waals surface area contributed by atoms with Crippen molar-refractivity contribution in [2.24, 2.45) is 5.92 Å². The average Bonchev–Trinajstić information content (AvgIpc) is 2.74. The van der Waals surface area contributed by atoms with Crippen LogP contribution in [0.4, 0.5) is 0 Å². The zero-order chi connectivity index (χ0) is 18.1. The molecule has 0 saturated carbocycles. The summed E-state index contributed by atoms with van der Waals surface area (Å²) in [6.07, 6.45) is -0.282. The number of carbonyl (C=O) groups excluding carboxylic acids is 2. The van der Waals surface area contributed by atoms with Crippen LogP contribution in [0.1, 0.15) is 38.4 Å². The van der Waals surface area contributed by atoms with Crippen molar-refractivity contribution in [1.29, 1.82) is 0 Å². The Hall–Kier alpha value is -1.92. The number of carbonyl (C=O) groups is 2. The van der Waals surface area contributed by atoms with Gasteiger partial charge in [-0.05, 0) is 19.0 Å². The molecule has 0 aromatic heterocycles. The fraction of sp³-hybridized carbons (Fsp3) is 0.579. The summed E-state index contributed by atoms with van der Waals surface area (Å²) in [6.45, 7) is 2.77. The van der Waals surface area contributed by atoms with Crippen molar-refractivity contribution in [1.82, 2.24) is 4.90 Å². The standard InChI is InChI=1S/C19H25NO5/c1-11(21)24-17-10-14-16(23)9-15(20(14)3)18(17)19(25-12(2)22)13-7-5-4-6-8-13/h4-8,14-19,23H,9-10H2,1-3H3/t14-,15-,16+,17-,18?,19?/m1/s1. The Morgan fingerprint density at radius 2 is 1.80 bits per heavy atom. The molecule has 2 saturated heterocycles. The molecule has 0 radical (unpaired) electrons. The number of aliphatic hydroxyl groups excluding tert-OH is 1. The molecule has 0 aliphatic carbocycles. The van der Waals surface area contributed by atoms with Gasteiger partial charge in [-0.3, -0.25) is 14.5 Å². The van der Waals surface area contributed by atoms with E-state index in [1.807, 2.05) is 37.4 Å². The summed E-state index contributed by atoms with van der Waals surface area (Å²) in [7, 11) is 1.97. The molecule has 136 valence electrons. The van der Waals surface area contributed by atoms with Gasteiger partial charge in [0.2, 0.25) is 0 Å². The molecule has 6 nitrogen and oxygen atoms in total. The Labute approximate surface area is 147 Å². The van der Waals surface area contributed by atoms with E-state index in [-0.39, 0.29) is 29.9 Å².